The van der Waals surface area contributed by atoms with E-state index in [0.717, 1.165) is 24.7 Å². The van der Waals surface area contributed by atoms with Gasteiger partial charge in [0.05, 0.1) is 0 Å². The maximum Gasteiger partial charge on any atom is 0.219 e. The SMILES string of the molecule is CC(=O)N1CCN(C(C)c2ccc(F)cc2O)CC1. The van der Waals surface area contributed by atoms with E-state index < -0.39 is 5.82 Å². The molecule has 19 heavy (non-hydrogen) atoms. The summed E-state index contributed by atoms with van der Waals surface area (Å²) in [6.07, 6.45) is 0. The Balaban J connectivity index is 2.05. The predicted molar refractivity (Wildman–Crippen MR) is 70.3 cm³/mol. The Morgan fingerprint density at radius 3 is 2.47 bits per heavy atom. The molecule has 104 valence electrons. The first-order valence-electron chi connectivity index (χ1n) is 6.47. The summed E-state index contributed by atoms with van der Waals surface area (Å²) in [5, 5.41) is 9.80. The molecule has 0 aliphatic carbocycles. The van der Waals surface area contributed by atoms with E-state index >= 15 is 0 Å². The summed E-state index contributed by atoms with van der Waals surface area (Å²) in [7, 11) is 0. The molecule has 5 heteroatoms. The van der Waals surface area contributed by atoms with Crippen LogP contribution in [0, 0.1) is 5.82 Å². The van der Waals surface area contributed by atoms with Gasteiger partial charge in [-0.2, -0.15) is 0 Å². The normalized spacial score (nSPS) is 18.4. The number of nitrogens with zero attached hydrogens (tertiary/aromatic N) is 2. The molecule has 1 aliphatic heterocycles. The lowest BCUT2D eigenvalue weighted by Gasteiger charge is -2.38. The van der Waals surface area contributed by atoms with Crippen LogP contribution < -0.4 is 0 Å². The van der Waals surface area contributed by atoms with Crippen molar-refractivity contribution >= 4 is 5.91 Å². The van der Waals surface area contributed by atoms with Crippen LogP contribution in [0.3, 0.4) is 0 Å². The highest BCUT2D eigenvalue weighted by molar-refractivity contribution is 5.73. The van der Waals surface area contributed by atoms with Gasteiger partial charge in [0, 0.05) is 50.8 Å². The number of piperazine rings is 1. The maximum absolute atomic E-state index is 13.0. The van der Waals surface area contributed by atoms with E-state index in [4.69, 9.17) is 0 Å². The number of aromatic hydroxyl groups is 1. The second kappa shape index (κ2) is 5.57. The first kappa shape index (κ1) is 13.8. The zero-order chi connectivity index (χ0) is 14.0. The molecule has 0 bridgehead atoms. The summed E-state index contributed by atoms with van der Waals surface area (Å²) < 4.78 is 13.0. The van der Waals surface area contributed by atoms with Crippen molar-refractivity contribution in [3.8, 4) is 5.75 Å². The lowest BCUT2D eigenvalue weighted by atomic mass is 10.0. The number of benzene rings is 1. The second-order valence-corrected chi connectivity index (χ2v) is 4.92. The number of phenolic OH excluding ortho intramolecular Hbond substituents is 1. The third-order valence-corrected chi connectivity index (χ3v) is 3.75. The summed E-state index contributed by atoms with van der Waals surface area (Å²) in [5.41, 5.74) is 0.720. The summed E-state index contributed by atoms with van der Waals surface area (Å²) in [6, 6.07) is 4.12. The predicted octanol–water partition coefficient (Wildman–Crippen LogP) is 1.76. The zero-order valence-corrected chi connectivity index (χ0v) is 11.3. The maximum atomic E-state index is 13.0. The molecule has 1 fully saturated rings. The van der Waals surface area contributed by atoms with Crippen LogP contribution in [0.1, 0.15) is 25.5 Å². The summed E-state index contributed by atoms with van der Waals surface area (Å²) in [5.74, 6) is -0.353. The molecule has 2 rings (SSSR count). The van der Waals surface area contributed by atoms with E-state index in [1.54, 1.807) is 13.0 Å². The van der Waals surface area contributed by atoms with Crippen molar-refractivity contribution in [1.29, 1.82) is 0 Å². The average molecular weight is 266 g/mol. The molecule has 1 N–H and O–H groups in total. The molecular formula is C14H19FN2O2. The lowest BCUT2D eigenvalue weighted by molar-refractivity contribution is -0.130. The Morgan fingerprint density at radius 2 is 1.95 bits per heavy atom. The van der Waals surface area contributed by atoms with Crippen LogP contribution in [-0.4, -0.2) is 47.0 Å². The Kier molecular flexibility index (Phi) is 4.04. The van der Waals surface area contributed by atoms with Crippen molar-refractivity contribution < 1.29 is 14.3 Å². The molecule has 1 aromatic carbocycles. The summed E-state index contributed by atoms with van der Waals surface area (Å²) in [6.45, 7) is 6.47. The number of amides is 1. The lowest BCUT2D eigenvalue weighted by Crippen LogP contribution is -2.48. The van der Waals surface area contributed by atoms with Gasteiger partial charge in [-0.1, -0.05) is 6.07 Å². The van der Waals surface area contributed by atoms with Crippen molar-refractivity contribution in [3.05, 3.63) is 29.6 Å². The topological polar surface area (TPSA) is 43.8 Å². The molecule has 0 spiro atoms. The summed E-state index contributed by atoms with van der Waals surface area (Å²) in [4.78, 5) is 15.3. The highest BCUT2D eigenvalue weighted by Crippen LogP contribution is 2.29. The number of hydrogen-bond donors (Lipinski definition) is 1. The van der Waals surface area contributed by atoms with Gasteiger partial charge < -0.3 is 10.0 Å². The zero-order valence-electron chi connectivity index (χ0n) is 11.3. The number of phenols is 1. The minimum Gasteiger partial charge on any atom is -0.508 e. The quantitative estimate of drug-likeness (QED) is 0.887. The molecular weight excluding hydrogens is 247 g/mol. The minimum atomic E-state index is -0.435. The molecule has 0 saturated carbocycles. The Bertz CT molecular complexity index is 471. The van der Waals surface area contributed by atoms with Crippen molar-refractivity contribution in [2.24, 2.45) is 0 Å². The van der Waals surface area contributed by atoms with Gasteiger partial charge in [0.1, 0.15) is 11.6 Å². The third-order valence-electron chi connectivity index (χ3n) is 3.75. The standard InChI is InChI=1S/C14H19FN2O2/c1-10(13-4-3-12(15)9-14(13)19)16-5-7-17(8-6-16)11(2)18/h3-4,9-10,19H,5-8H2,1-2H3. The highest BCUT2D eigenvalue weighted by Gasteiger charge is 2.24. The average Bonchev–Trinajstić information content (AvgIpc) is 2.38. The molecule has 0 radical (unpaired) electrons. The monoisotopic (exact) mass is 266 g/mol. The van der Waals surface area contributed by atoms with E-state index in [-0.39, 0.29) is 17.7 Å². The Hall–Kier alpha value is -1.62. The largest absolute Gasteiger partial charge is 0.508 e. The molecule has 1 heterocycles. The van der Waals surface area contributed by atoms with Gasteiger partial charge in [0.15, 0.2) is 0 Å². The summed E-state index contributed by atoms with van der Waals surface area (Å²) >= 11 is 0. The van der Waals surface area contributed by atoms with E-state index in [1.807, 2.05) is 11.8 Å². The smallest absolute Gasteiger partial charge is 0.219 e. The van der Waals surface area contributed by atoms with E-state index in [9.17, 15) is 14.3 Å². The van der Waals surface area contributed by atoms with Crippen LogP contribution in [0.2, 0.25) is 0 Å². The van der Waals surface area contributed by atoms with Crippen LogP contribution in [0.25, 0.3) is 0 Å². The van der Waals surface area contributed by atoms with E-state index in [0.29, 0.717) is 13.1 Å². The third kappa shape index (κ3) is 3.04. The number of carbonyl (C=O) groups is 1. The molecule has 0 aromatic heterocycles. The van der Waals surface area contributed by atoms with Gasteiger partial charge in [-0.15, -0.1) is 0 Å². The number of hydrogen-bond acceptors (Lipinski definition) is 3. The van der Waals surface area contributed by atoms with Crippen molar-refractivity contribution in [2.45, 2.75) is 19.9 Å². The number of rotatable bonds is 2. The van der Waals surface area contributed by atoms with Crippen LogP contribution in [0.5, 0.6) is 5.75 Å². The minimum absolute atomic E-state index is 0.00899. The fourth-order valence-electron chi connectivity index (χ4n) is 2.49. The Labute approximate surface area is 112 Å². The number of halogens is 1. The fourth-order valence-corrected chi connectivity index (χ4v) is 2.49. The van der Waals surface area contributed by atoms with Gasteiger partial charge in [-0.25, -0.2) is 4.39 Å². The van der Waals surface area contributed by atoms with Gasteiger partial charge in [-0.3, -0.25) is 9.69 Å². The van der Waals surface area contributed by atoms with Crippen LogP contribution in [-0.2, 0) is 4.79 Å². The first-order valence-corrected chi connectivity index (χ1v) is 6.47. The highest BCUT2D eigenvalue weighted by atomic mass is 19.1. The van der Waals surface area contributed by atoms with E-state index in [1.165, 1.54) is 6.07 Å². The first-order chi connectivity index (χ1) is 8.99. The van der Waals surface area contributed by atoms with Gasteiger partial charge in [-0.05, 0) is 13.0 Å². The molecule has 1 aliphatic rings. The van der Waals surface area contributed by atoms with Crippen molar-refractivity contribution in [1.82, 2.24) is 9.80 Å². The molecule has 1 aromatic rings. The molecule has 1 atom stereocenters. The Morgan fingerprint density at radius 1 is 1.32 bits per heavy atom. The van der Waals surface area contributed by atoms with Crippen molar-refractivity contribution in [2.75, 3.05) is 26.2 Å². The van der Waals surface area contributed by atoms with Crippen LogP contribution >= 0.6 is 0 Å². The molecule has 1 unspecified atom stereocenters. The molecule has 1 amide bonds. The van der Waals surface area contributed by atoms with Gasteiger partial charge in [0.2, 0.25) is 5.91 Å². The molecule has 1 saturated heterocycles. The second-order valence-electron chi connectivity index (χ2n) is 4.92. The van der Waals surface area contributed by atoms with Crippen molar-refractivity contribution in [3.63, 3.8) is 0 Å². The van der Waals surface area contributed by atoms with Gasteiger partial charge in [0.25, 0.3) is 0 Å². The van der Waals surface area contributed by atoms with E-state index in [2.05, 4.69) is 4.90 Å². The van der Waals surface area contributed by atoms with Crippen LogP contribution in [0.15, 0.2) is 18.2 Å². The van der Waals surface area contributed by atoms with Gasteiger partial charge >= 0.3 is 0 Å². The number of carbonyl (C=O) groups excluding carboxylic acids is 1. The molecule has 4 nitrogen and oxygen atoms in total. The van der Waals surface area contributed by atoms with Crippen LogP contribution in [0.4, 0.5) is 4.39 Å². The fraction of sp³-hybridized carbons (Fsp3) is 0.500.